The number of carbonyl (C=O) groups excluding carboxylic acids is 2. The molecule has 0 radical (unpaired) electrons. The minimum atomic E-state index is -0.291. The number of H-pyrrole nitrogens is 1. The topological polar surface area (TPSA) is 126 Å². The Bertz CT molecular complexity index is 1030. The van der Waals surface area contributed by atoms with Gasteiger partial charge in [-0.1, -0.05) is 23.9 Å². The van der Waals surface area contributed by atoms with E-state index >= 15 is 0 Å². The van der Waals surface area contributed by atoms with E-state index in [1.165, 1.54) is 11.8 Å². The summed E-state index contributed by atoms with van der Waals surface area (Å²) in [5.74, 6) is 1.49. The SMILES string of the molecule is CCOC(=O)N1CCC(NC(=O)CSc2nnc(CCc3nc4ccccc4[nH]3)o2)CC1. The summed E-state index contributed by atoms with van der Waals surface area (Å²) in [4.78, 5) is 33.5. The number of hydrogen-bond acceptors (Lipinski definition) is 8. The molecule has 1 saturated heterocycles. The van der Waals surface area contributed by atoms with Gasteiger partial charge in [-0.25, -0.2) is 9.78 Å². The van der Waals surface area contributed by atoms with Crippen molar-refractivity contribution in [2.24, 2.45) is 0 Å². The number of imidazole rings is 1. The largest absolute Gasteiger partial charge is 0.450 e. The number of benzene rings is 1. The number of hydrogen-bond donors (Lipinski definition) is 2. The Morgan fingerprint density at radius 3 is 2.84 bits per heavy atom. The molecule has 1 aromatic carbocycles. The second-order valence-electron chi connectivity index (χ2n) is 7.48. The molecule has 170 valence electrons. The molecule has 3 heterocycles. The first-order valence-corrected chi connectivity index (χ1v) is 11.7. The number of amides is 2. The predicted molar refractivity (Wildman–Crippen MR) is 118 cm³/mol. The van der Waals surface area contributed by atoms with Crippen LogP contribution in [-0.2, 0) is 22.4 Å². The van der Waals surface area contributed by atoms with E-state index in [1.807, 2.05) is 24.3 Å². The standard InChI is InChI=1S/C21H26N6O4S/c1-2-30-21(29)27-11-9-14(10-12-27)22-18(28)13-32-20-26-25-19(31-20)8-7-17-23-15-5-3-4-6-16(15)24-17/h3-6,14H,2,7-13H2,1H3,(H,22,28)(H,23,24). The molecule has 0 bridgehead atoms. The van der Waals surface area contributed by atoms with Crippen LogP contribution < -0.4 is 5.32 Å². The van der Waals surface area contributed by atoms with Crippen LogP contribution in [0.3, 0.4) is 0 Å². The van der Waals surface area contributed by atoms with Crippen molar-refractivity contribution in [2.75, 3.05) is 25.4 Å². The Labute approximate surface area is 189 Å². The summed E-state index contributed by atoms with van der Waals surface area (Å²) in [6.07, 6.45) is 2.36. The number of para-hydroxylation sites is 2. The zero-order chi connectivity index (χ0) is 22.3. The number of likely N-dealkylation sites (tertiary alicyclic amines) is 1. The summed E-state index contributed by atoms with van der Waals surface area (Å²) in [7, 11) is 0. The van der Waals surface area contributed by atoms with Crippen LogP contribution in [-0.4, -0.2) is 68.6 Å². The number of rotatable bonds is 8. The molecule has 2 amide bonds. The Morgan fingerprint density at radius 2 is 2.06 bits per heavy atom. The second-order valence-corrected chi connectivity index (χ2v) is 8.41. The molecule has 10 nitrogen and oxygen atoms in total. The summed E-state index contributed by atoms with van der Waals surface area (Å²) >= 11 is 1.22. The number of carbonyl (C=O) groups is 2. The molecule has 3 aromatic rings. The number of aromatic amines is 1. The summed E-state index contributed by atoms with van der Waals surface area (Å²) < 4.78 is 10.7. The molecular weight excluding hydrogens is 432 g/mol. The Morgan fingerprint density at radius 1 is 1.25 bits per heavy atom. The van der Waals surface area contributed by atoms with Crippen LogP contribution >= 0.6 is 11.8 Å². The van der Waals surface area contributed by atoms with Crippen molar-refractivity contribution in [2.45, 2.75) is 43.9 Å². The van der Waals surface area contributed by atoms with Gasteiger partial charge < -0.3 is 24.4 Å². The Hall–Kier alpha value is -3.08. The van der Waals surface area contributed by atoms with Gasteiger partial charge in [0.25, 0.3) is 5.22 Å². The van der Waals surface area contributed by atoms with Gasteiger partial charge in [-0.3, -0.25) is 4.79 Å². The molecule has 0 unspecified atom stereocenters. The van der Waals surface area contributed by atoms with Gasteiger partial charge in [-0.15, -0.1) is 10.2 Å². The third-order valence-corrected chi connectivity index (χ3v) is 5.99. The zero-order valence-corrected chi connectivity index (χ0v) is 18.7. The molecular formula is C21H26N6O4S. The third-order valence-electron chi connectivity index (χ3n) is 5.18. The van der Waals surface area contributed by atoms with E-state index in [0.29, 0.717) is 56.5 Å². The fraction of sp³-hybridized carbons (Fsp3) is 0.476. The molecule has 0 saturated carbocycles. The maximum absolute atomic E-state index is 12.3. The van der Waals surface area contributed by atoms with Crippen molar-refractivity contribution in [3.05, 3.63) is 36.0 Å². The van der Waals surface area contributed by atoms with E-state index in [4.69, 9.17) is 9.15 Å². The van der Waals surface area contributed by atoms with Gasteiger partial charge in [0.05, 0.1) is 23.4 Å². The molecule has 11 heteroatoms. The lowest BCUT2D eigenvalue weighted by Crippen LogP contribution is -2.47. The van der Waals surface area contributed by atoms with Crippen molar-refractivity contribution in [3.8, 4) is 0 Å². The summed E-state index contributed by atoms with van der Waals surface area (Å²) in [5, 5.41) is 11.5. The van der Waals surface area contributed by atoms with E-state index in [2.05, 4.69) is 25.5 Å². The molecule has 4 rings (SSSR count). The number of aromatic nitrogens is 4. The zero-order valence-electron chi connectivity index (χ0n) is 17.9. The number of thioether (sulfide) groups is 1. The average molecular weight is 459 g/mol. The monoisotopic (exact) mass is 458 g/mol. The van der Waals surface area contributed by atoms with Gasteiger partial charge in [0.2, 0.25) is 11.8 Å². The molecule has 0 aliphatic carbocycles. The van der Waals surface area contributed by atoms with Crippen molar-refractivity contribution in [1.82, 2.24) is 30.4 Å². The van der Waals surface area contributed by atoms with Crippen molar-refractivity contribution >= 4 is 34.8 Å². The number of nitrogens with zero attached hydrogens (tertiary/aromatic N) is 4. The number of ether oxygens (including phenoxy) is 1. The van der Waals surface area contributed by atoms with Crippen LogP contribution in [0, 0.1) is 0 Å². The molecule has 1 aliphatic rings. The van der Waals surface area contributed by atoms with Gasteiger partial charge in [0.15, 0.2) is 0 Å². The maximum atomic E-state index is 12.3. The Kier molecular flexibility index (Phi) is 7.25. The third kappa shape index (κ3) is 5.78. The molecule has 0 spiro atoms. The highest BCUT2D eigenvalue weighted by molar-refractivity contribution is 7.99. The number of piperidine rings is 1. The average Bonchev–Trinajstić information content (AvgIpc) is 3.43. The van der Waals surface area contributed by atoms with Crippen LogP contribution in [0.2, 0.25) is 0 Å². The van der Waals surface area contributed by atoms with E-state index in [9.17, 15) is 9.59 Å². The van der Waals surface area contributed by atoms with Crippen LogP contribution in [0.15, 0.2) is 33.9 Å². The fourth-order valence-corrected chi connectivity index (χ4v) is 4.16. The summed E-state index contributed by atoms with van der Waals surface area (Å²) in [6, 6.07) is 7.93. The minimum absolute atomic E-state index is 0.0517. The highest BCUT2D eigenvalue weighted by atomic mass is 32.2. The van der Waals surface area contributed by atoms with Crippen molar-refractivity contribution < 1.29 is 18.7 Å². The number of nitrogens with one attached hydrogen (secondary N) is 2. The lowest BCUT2D eigenvalue weighted by Gasteiger charge is -2.31. The highest BCUT2D eigenvalue weighted by Crippen LogP contribution is 2.18. The van der Waals surface area contributed by atoms with Gasteiger partial charge in [0.1, 0.15) is 5.82 Å². The molecule has 2 N–H and O–H groups in total. The van der Waals surface area contributed by atoms with Crippen molar-refractivity contribution in [1.29, 1.82) is 0 Å². The Balaban J connectivity index is 1.17. The summed E-state index contributed by atoms with van der Waals surface area (Å²) in [5.41, 5.74) is 1.93. The molecule has 0 atom stereocenters. The van der Waals surface area contributed by atoms with Gasteiger partial charge in [-0.2, -0.15) is 0 Å². The lowest BCUT2D eigenvalue weighted by atomic mass is 10.1. The smallest absolute Gasteiger partial charge is 0.409 e. The van der Waals surface area contributed by atoms with Crippen LogP contribution in [0.5, 0.6) is 0 Å². The second kappa shape index (κ2) is 10.5. The van der Waals surface area contributed by atoms with E-state index in [1.54, 1.807) is 11.8 Å². The first-order chi connectivity index (χ1) is 15.6. The first-order valence-electron chi connectivity index (χ1n) is 10.7. The molecule has 32 heavy (non-hydrogen) atoms. The fourth-order valence-electron chi connectivity index (χ4n) is 3.56. The minimum Gasteiger partial charge on any atom is -0.450 e. The molecule has 1 aliphatic heterocycles. The van der Waals surface area contributed by atoms with E-state index in [-0.39, 0.29) is 23.8 Å². The molecule has 1 fully saturated rings. The quantitative estimate of drug-likeness (QED) is 0.493. The van der Waals surface area contributed by atoms with E-state index < -0.39 is 0 Å². The summed E-state index contributed by atoms with van der Waals surface area (Å²) in [6.45, 7) is 3.31. The van der Waals surface area contributed by atoms with Gasteiger partial charge >= 0.3 is 6.09 Å². The van der Waals surface area contributed by atoms with Gasteiger partial charge in [0, 0.05) is 32.0 Å². The van der Waals surface area contributed by atoms with Crippen LogP contribution in [0.25, 0.3) is 11.0 Å². The molecule has 2 aromatic heterocycles. The lowest BCUT2D eigenvalue weighted by molar-refractivity contribution is -0.119. The maximum Gasteiger partial charge on any atom is 0.409 e. The van der Waals surface area contributed by atoms with Crippen LogP contribution in [0.4, 0.5) is 4.79 Å². The van der Waals surface area contributed by atoms with Crippen molar-refractivity contribution in [3.63, 3.8) is 0 Å². The number of fused-ring (bicyclic) bond motifs is 1. The predicted octanol–water partition coefficient (Wildman–Crippen LogP) is 2.56. The highest BCUT2D eigenvalue weighted by Gasteiger charge is 2.24. The van der Waals surface area contributed by atoms with Gasteiger partial charge in [-0.05, 0) is 31.9 Å². The first kappa shape index (κ1) is 22.1. The normalized spacial score (nSPS) is 14.6. The number of aryl methyl sites for hydroxylation is 2. The van der Waals surface area contributed by atoms with Crippen LogP contribution in [0.1, 0.15) is 31.5 Å². The van der Waals surface area contributed by atoms with E-state index in [0.717, 1.165) is 16.9 Å².